The van der Waals surface area contributed by atoms with Crippen molar-refractivity contribution in [3.05, 3.63) is 70.2 Å². The average Bonchev–Trinajstić information content (AvgIpc) is 2.68. The summed E-state index contributed by atoms with van der Waals surface area (Å²) >= 11 is 5.97. The van der Waals surface area contributed by atoms with Gasteiger partial charge in [-0.1, -0.05) is 35.9 Å². The molecule has 0 aliphatic heterocycles. The van der Waals surface area contributed by atoms with Crippen molar-refractivity contribution < 1.29 is 23.2 Å². The van der Waals surface area contributed by atoms with E-state index in [1.165, 1.54) is 0 Å². The third-order valence-corrected chi connectivity index (χ3v) is 6.51. The van der Waals surface area contributed by atoms with Gasteiger partial charge in [0.25, 0.3) is 5.91 Å². The van der Waals surface area contributed by atoms with Crippen molar-refractivity contribution in [3.8, 4) is 0 Å². The summed E-state index contributed by atoms with van der Waals surface area (Å²) < 4.78 is 23.2. The Bertz CT molecular complexity index is 910. The Morgan fingerprint density at radius 1 is 1.07 bits per heavy atom. The van der Waals surface area contributed by atoms with Crippen LogP contribution in [0.2, 0.25) is 5.02 Å². The molecule has 0 heterocycles. The molecule has 2 aromatic carbocycles. The summed E-state index contributed by atoms with van der Waals surface area (Å²) in [6.45, 7) is 4.05. The summed E-state index contributed by atoms with van der Waals surface area (Å²) in [6, 6.07) is 12.7. The molecule has 7 nitrogen and oxygen atoms in total. The topological polar surface area (TPSA) is 108 Å². The molecule has 0 saturated carbocycles. The van der Waals surface area contributed by atoms with E-state index in [0.29, 0.717) is 16.1 Å². The number of nitrogens with one attached hydrogen (secondary N) is 1. The van der Waals surface area contributed by atoms with Gasteiger partial charge in [0.05, 0.1) is 19.4 Å². The lowest BCUT2D eigenvalue weighted by Gasteiger charge is -2.17. The number of amides is 2. The first kappa shape index (κ1) is 24.1. The van der Waals surface area contributed by atoms with E-state index in [4.69, 9.17) is 26.4 Å². The molecule has 0 radical (unpaired) electrons. The predicted octanol–water partition coefficient (Wildman–Crippen LogP) is 3.93. The van der Waals surface area contributed by atoms with E-state index in [9.17, 15) is 14.2 Å². The van der Waals surface area contributed by atoms with E-state index in [2.05, 4.69) is 5.32 Å². The number of hydrogen-bond acceptors (Lipinski definition) is 5. The van der Waals surface area contributed by atoms with Gasteiger partial charge < -0.3 is 20.1 Å². The SMILES string of the molecule is CCOP(=O)(Cc1ccc(C(=O)N[C@@H](Cc2cccc(Cl)c2)C(N)=O)cc1)OCC. The van der Waals surface area contributed by atoms with Crippen molar-refractivity contribution in [3.63, 3.8) is 0 Å². The fraction of sp³-hybridized carbons (Fsp3) is 0.333. The first-order chi connectivity index (χ1) is 14.3. The fourth-order valence-corrected chi connectivity index (χ4v) is 4.79. The highest BCUT2D eigenvalue weighted by atomic mass is 35.5. The van der Waals surface area contributed by atoms with E-state index in [1.807, 2.05) is 0 Å². The van der Waals surface area contributed by atoms with E-state index < -0.39 is 25.5 Å². The molecule has 0 fully saturated rings. The standard InChI is InChI=1S/C21H26ClN2O5P/c1-3-28-30(27,29-4-2)14-15-8-10-17(11-9-15)21(26)24-19(20(23)25)13-16-6-5-7-18(22)12-16/h5-12,19H,3-4,13-14H2,1-2H3,(H2,23,25)(H,24,26)/t19-/m0/s1. The molecule has 0 aliphatic carbocycles. The number of carbonyl (C=O) groups excluding carboxylic acids is 2. The number of halogens is 1. The summed E-state index contributed by atoms with van der Waals surface area (Å²) in [5.74, 6) is -1.08. The van der Waals surface area contributed by atoms with E-state index in [-0.39, 0.29) is 25.8 Å². The summed E-state index contributed by atoms with van der Waals surface area (Å²) in [5.41, 5.74) is 7.29. The number of carbonyl (C=O) groups is 2. The van der Waals surface area contributed by atoms with Gasteiger partial charge in [0.1, 0.15) is 6.04 Å². The highest BCUT2D eigenvalue weighted by Gasteiger charge is 2.24. The lowest BCUT2D eigenvalue weighted by atomic mass is 10.0. The molecule has 0 saturated heterocycles. The Labute approximate surface area is 181 Å². The molecule has 3 N–H and O–H groups in total. The van der Waals surface area contributed by atoms with E-state index in [1.54, 1.807) is 62.4 Å². The Hall–Kier alpha value is -2.18. The Morgan fingerprint density at radius 3 is 2.23 bits per heavy atom. The summed E-state index contributed by atoms with van der Waals surface area (Å²) in [7, 11) is -3.23. The molecule has 0 aliphatic rings. The number of benzene rings is 2. The molecule has 2 amide bonds. The average molecular weight is 453 g/mol. The summed E-state index contributed by atoms with van der Waals surface area (Å²) in [5, 5.41) is 3.18. The highest BCUT2D eigenvalue weighted by Crippen LogP contribution is 2.51. The lowest BCUT2D eigenvalue weighted by molar-refractivity contribution is -0.119. The van der Waals surface area contributed by atoms with Crippen LogP contribution in [0.15, 0.2) is 48.5 Å². The Morgan fingerprint density at radius 2 is 1.70 bits per heavy atom. The smallest absolute Gasteiger partial charge is 0.335 e. The van der Waals surface area contributed by atoms with Gasteiger partial charge in [0.2, 0.25) is 5.91 Å². The monoisotopic (exact) mass is 452 g/mol. The van der Waals surface area contributed by atoms with Crippen LogP contribution in [0.25, 0.3) is 0 Å². The third-order valence-electron chi connectivity index (χ3n) is 4.22. The van der Waals surface area contributed by atoms with Gasteiger partial charge in [-0.05, 0) is 49.2 Å². The fourth-order valence-electron chi connectivity index (χ4n) is 2.87. The second-order valence-electron chi connectivity index (χ2n) is 6.56. The number of hydrogen-bond donors (Lipinski definition) is 2. The van der Waals surface area contributed by atoms with Crippen LogP contribution >= 0.6 is 19.2 Å². The third kappa shape index (κ3) is 7.26. The normalized spacial score (nSPS) is 12.4. The molecule has 30 heavy (non-hydrogen) atoms. The van der Waals surface area contributed by atoms with Crippen molar-refractivity contribution >= 4 is 31.0 Å². The molecule has 0 aromatic heterocycles. The van der Waals surface area contributed by atoms with Gasteiger partial charge in [-0.2, -0.15) is 0 Å². The molecule has 2 rings (SSSR count). The highest BCUT2D eigenvalue weighted by molar-refractivity contribution is 7.53. The zero-order valence-corrected chi connectivity index (χ0v) is 18.6. The minimum atomic E-state index is -3.23. The molecule has 1 atom stereocenters. The first-order valence-corrected chi connectivity index (χ1v) is 11.7. The van der Waals surface area contributed by atoms with Crippen molar-refractivity contribution in [2.75, 3.05) is 13.2 Å². The summed E-state index contributed by atoms with van der Waals surface area (Å²) in [6.07, 6.45) is 0.334. The predicted molar refractivity (Wildman–Crippen MR) is 117 cm³/mol. The van der Waals surface area contributed by atoms with Crippen LogP contribution in [0, 0.1) is 0 Å². The maximum atomic E-state index is 12.6. The molecular formula is C21H26ClN2O5P. The van der Waals surface area contributed by atoms with Crippen LogP contribution in [-0.4, -0.2) is 31.1 Å². The van der Waals surface area contributed by atoms with Crippen molar-refractivity contribution in [2.45, 2.75) is 32.5 Å². The van der Waals surface area contributed by atoms with Crippen LogP contribution in [0.5, 0.6) is 0 Å². The maximum Gasteiger partial charge on any atom is 0.335 e. The Kier molecular flexibility index (Phi) is 9.06. The van der Waals surface area contributed by atoms with E-state index in [0.717, 1.165) is 5.56 Å². The van der Waals surface area contributed by atoms with Crippen LogP contribution in [-0.2, 0) is 31.0 Å². The van der Waals surface area contributed by atoms with Crippen molar-refractivity contribution in [1.29, 1.82) is 0 Å². The lowest BCUT2D eigenvalue weighted by Crippen LogP contribution is -2.45. The molecule has 162 valence electrons. The minimum Gasteiger partial charge on any atom is -0.368 e. The summed E-state index contributed by atoms with van der Waals surface area (Å²) in [4.78, 5) is 24.4. The van der Waals surface area contributed by atoms with Gasteiger partial charge in [0.15, 0.2) is 0 Å². The van der Waals surface area contributed by atoms with Crippen molar-refractivity contribution in [2.24, 2.45) is 5.73 Å². The van der Waals surface area contributed by atoms with Crippen LogP contribution in [0.1, 0.15) is 35.3 Å². The number of nitrogens with two attached hydrogens (primary N) is 1. The van der Waals surface area contributed by atoms with Gasteiger partial charge in [-0.15, -0.1) is 0 Å². The van der Waals surface area contributed by atoms with Gasteiger partial charge in [-0.3, -0.25) is 14.2 Å². The first-order valence-electron chi connectivity index (χ1n) is 9.58. The maximum absolute atomic E-state index is 12.6. The number of primary amides is 1. The van der Waals surface area contributed by atoms with Crippen LogP contribution in [0.4, 0.5) is 0 Å². The molecule has 0 bridgehead atoms. The van der Waals surface area contributed by atoms with Gasteiger partial charge in [-0.25, -0.2) is 0 Å². The number of rotatable bonds is 11. The van der Waals surface area contributed by atoms with E-state index >= 15 is 0 Å². The molecule has 9 heteroatoms. The molecule has 2 aromatic rings. The van der Waals surface area contributed by atoms with Gasteiger partial charge in [0, 0.05) is 17.0 Å². The quantitative estimate of drug-likeness (QED) is 0.502. The second kappa shape index (κ2) is 11.3. The van der Waals surface area contributed by atoms with Crippen LogP contribution < -0.4 is 11.1 Å². The van der Waals surface area contributed by atoms with Gasteiger partial charge >= 0.3 is 7.60 Å². The minimum absolute atomic E-state index is 0.106. The second-order valence-corrected chi connectivity index (χ2v) is 9.05. The molecule has 0 spiro atoms. The van der Waals surface area contributed by atoms with Crippen molar-refractivity contribution in [1.82, 2.24) is 5.32 Å². The van der Waals surface area contributed by atoms with Crippen LogP contribution in [0.3, 0.4) is 0 Å². The zero-order chi connectivity index (χ0) is 22.1. The molecular weight excluding hydrogens is 427 g/mol. The molecule has 0 unspecified atom stereocenters. The zero-order valence-electron chi connectivity index (χ0n) is 17.0. The largest absolute Gasteiger partial charge is 0.368 e. The Balaban J connectivity index is 2.06.